The van der Waals surface area contributed by atoms with E-state index < -0.39 is 0 Å². The first-order valence-electron chi connectivity index (χ1n) is 4.75. The molecule has 0 aliphatic carbocycles. The first kappa shape index (κ1) is 10.6. The lowest BCUT2D eigenvalue weighted by Crippen LogP contribution is -1.90. The zero-order valence-corrected chi connectivity index (χ0v) is 8.82. The van der Waals surface area contributed by atoms with E-state index in [1.165, 1.54) is 0 Å². The molecule has 14 heavy (non-hydrogen) atoms. The van der Waals surface area contributed by atoms with Crippen molar-refractivity contribution in [1.29, 1.82) is 0 Å². The molecule has 0 fully saturated rings. The van der Waals surface area contributed by atoms with Gasteiger partial charge in [0, 0.05) is 11.8 Å². The number of hydrogen-bond donors (Lipinski definition) is 0. The molecule has 0 aromatic heterocycles. The average molecular weight is 189 g/mol. The highest BCUT2D eigenvalue weighted by Crippen LogP contribution is 2.13. The predicted octanol–water partition coefficient (Wildman–Crippen LogP) is 3.25. The van der Waals surface area contributed by atoms with E-state index in [9.17, 15) is 4.79 Å². The van der Waals surface area contributed by atoms with Crippen molar-refractivity contribution in [2.75, 3.05) is 0 Å². The van der Waals surface area contributed by atoms with Crippen LogP contribution in [-0.4, -0.2) is 12.0 Å². The van der Waals surface area contributed by atoms with Gasteiger partial charge < -0.3 is 0 Å². The van der Waals surface area contributed by atoms with Crippen LogP contribution in [0.3, 0.4) is 0 Å². The molecule has 0 atom stereocenters. The highest BCUT2D eigenvalue weighted by atomic mass is 16.1. The van der Waals surface area contributed by atoms with Crippen LogP contribution < -0.4 is 0 Å². The molecule has 1 rings (SSSR count). The lowest BCUT2D eigenvalue weighted by molar-refractivity contribution is 0.101. The van der Waals surface area contributed by atoms with Gasteiger partial charge in [0.25, 0.3) is 0 Å². The molecule has 1 aromatic carbocycles. The highest BCUT2D eigenvalue weighted by molar-refractivity contribution is 5.94. The van der Waals surface area contributed by atoms with Crippen LogP contribution >= 0.6 is 0 Å². The Morgan fingerprint density at radius 1 is 1.29 bits per heavy atom. The number of benzene rings is 1. The molecule has 0 heterocycles. The summed E-state index contributed by atoms with van der Waals surface area (Å²) in [7, 11) is 0. The second-order valence-electron chi connectivity index (χ2n) is 3.63. The lowest BCUT2D eigenvalue weighted by atomic mass is 10.1. The summed E-state index contributed by atoms with van der Waals surface area (Å²) in [5, 5.41) is 0. The molecule has 0 spiro atoms. The molecule has 2 heteroatoms. The van der Waals surface area contributed by atoms with Crippen LogP contribution in [0, 0.1) is 5.92 Å². The standard InChI is InChI=1S/C12H15NO/c1-9(2)8-13-12-6-4-11(5-7-12)10(3)14/h4-9H,1-3H3. The Bertz CT molecular complexity index is 336. The van der Waals surface area contributed by atoms with E-state index in [-0.39, 0.29) is 5.78 Å². The Kier molecular flexibility index (Phi) is 3.57. The Labute approximate surface area is 84.7 Å². The Morgan fingerprint density at radius 3 is 2.29 bits per heavy atom. The minimum Gasteiger partial charge on any atom is -0.295 e. The fourth-order valence-electron chi connectivity index (χ4n) is 1.02. The van der Waals surface area contributed by atoms with Gasteiger partial charge in [-0.15, -0.1) is 0 Å². The van der Waals surface area contributed by atoms with Crippen molar-refractivity contribution in [3.8, 4) is 0 Å². The number of carbonyl (C=O) groups excluding carboxylic acids is 1. The molecule has 0 amide bonds. The molecule has 0 N–H and O–H groups in total. The summed E-state index contributed by atoms with van der Waals surface area (Å²) in [6.45, 7) is 5.72. The third-order valence-corrected chi connectivity index (χ3v) is 1.80. The van der Waals surface area contributed by atoms with E-state index in [1.54, 1.807) is 19.1 Å². The molecule has 0 radical (unpaired) electrons. The van der Waals surface area contributed by atoms with E-state index in [1.807, 2.05) is 18.3 Å². The summed E-state index contributed by atoms with van der Waals surface area (Å²) < 4.78 is 0. The second-order valence-corrected chi connectivity index (χ2v) is 3.63. The van der Waals surface area contributed by atoms with E-state index in [0.29, 0.717) is 5.92 Å². The molecular formula is C12H15NO. The molecule has 0 aliphatic rings. The van der Waals surface area contributed by atoms with Crippen molar-refractivity contribution in [2.45, 2.75) is 20.8 Å². The third kappa shape index (κ3) is 3.13. The van der Waals surface area contributed by atoms with E-state index in [2.05, 4.69) is 18.8 Å². The minimum atomic E-state index is 0.0874. The molecule has 74 valence electrons. The summed E-state index contributed by atoms with van der Waals surface area (Å²) in [6, 6.07) is 7.32. The van der Waals surface area contributed by atoms with Crippen molar-refractivity contribution < 1.29 is 4.79 Å². The monoisotopic (exact) mass is 189 g/mol. The molecule has 0 saturated carbocycles. The zero-order valence-electron chi connectivity index (χ0n) is 8.82. The maximum absolute atomic E-state index is 11.0. The van der Waals surface area contributed by atoms with Gasteiger partial charge in [-0.1, -0.05) is 13.8 Å². The quantitative estimate of drug-likeness (QED) is 0.530. The van der Waals surface area contributed by atoms with Crippen LogP contribution in [0.2, 0.25) is 0 Å². The molecule has 0 aliphatic heterocycles. The van der Waals surface area contributed by atoms with Crippen molar-refractivity contribution in [3.63, 3.8) is 0 Å². The van der Waals surface area contributed by atoms with Gasteiger partial charge in [-0.3, -0.25) is 9.79 Å². The van der Waals surface area contributed by atoms with E-state index in [4.69, 9.17) is 0 Å². The van der Waals surface area contributed by atoms with Crippen LogP contribution in [-0.2, 0) is 0 Å². The number of nitrogens with zero attached hydrogens (tertiary/aromatic N) is 1. The molecule has 0 unspecified atom stereocenters. The number of hydrogen-bond acceptors (Lipinski definition) is 2. The first-order chi connectivity index (χ1) is 6.59. The van der Waals surface area contributed by atoms with Crippen LogP contribution in [0.5, 0.6) is 0 Å². The van der Waals surface area contributed by atoms with Crippen molar-refractivity contribution in [1.82, 2.24) is 0 Å². The number of carbonyl (C=O) groups is 1. The van der Waals surface area contributed by atoms with Gasteiger partial charge in [0.2, 0.25) is 0 Å². The fourth-order valence-corrected chi connectivity index (χ4v) is 1.02. The van der Waals surface area contributed by atoms with Crippen LogP contribution in [0.4, 0.5) is 5.69 Å². The van der Waals surface area contributed by atoms with Gasteiger partial charge in [0.05, 0.1) is 5.69 Å². The van der Waals surface area contributed by atoms with Crippen molar-refractivity contribution >= 4 is 17.7 Å². The summed E-state index contributed by atoms with van der Waals surface area (Å²) in [5.74, 6) is 0.534. The third-order valence-electron chi connectivity index (χ3n) is 1.80. The Morgan fingerprint density at radius 2 is 1.86 bits per heavy atom. The molecule has 1 aromatic rings. The van der Waals surface area contributed by atoms with Crippen molar-refractivity contribution in [3.05, 3.63) is 29.8 Å². The highest BCUT2D eigenvalue weighted by Gasteiger charge is 1.97. The van der Waals surface area contributed by atoms with Crippen molar-refractivity contribution in [2.24, 2.45) is 10.9 Å². The zero-order chi connectivity index (χ0) is 10.6. The Hall–Kier alpha value is -1.44. The molecular weight excluding hydrogens is 174 g/mol. The molecule has 2 nitrogen and oxygen atoms in total. The van der Waals surface area contributed by atoms with Gasteiger partial charge in [0.1, 0.15) is 0 Å². The molecule has 0 saturated heterocycles. The van der Waals surface area contributed by atoms with Gasteiger partial charge in [-0.25, -0.2) is 0 Å². The fraction of sp³-hybridized carbons (Fsp3) is 0.333. The number of ketones is 1. The number of Topliss-reactive ketones (excluding diaryl/α,β-unsaturated/α-hetero) is 1. The number of rotatable bonds is 3. The summed E-state index contributed by atoms with van der Waals surface area (Å²) in [6.07, 6.45) is 1.89. The van der Waals surface area contributed by atoms with Crippen LogP contribution in [0.1, 0.15) is 31.1 Å². The second kappa shape index (κ2) is 4.70. The lowest BCUT2D eigenvalue weighted by Gasteiger charge is -1.97. The normalized spacial score (nSPS) is 11.1. The van der Waals surface area contributed by atoms with E-state index >= 15 is 0 Å². The maximum atomic E-state index is 11.0. The maximum Gasteiger partial charge on any atom is 0.159 e. The van der Waals surface area contributed by atoms with E-state index in [0.717, 1.165) is 11.3 Å². The van der Waals surface area contributed by atoms with Crippen LogP contribution in [0.15, 0.2) is 29.3 Å². The van der Waals surface area contributed by atoms with Crippen LogP contribution in [0.25, 0.3) is 0 Å². The summed E-state index contributed by atoms with van der Waals surface area (Å²) >= 11 is 0. The largest absolute Gasteiger partial charge is 0.295 e. The van der Waals surface area contributed by atoms with Gasteiger partial charge in [-0.2, -0.15) is 0 Å². The minimum absolute atomic E-state index is 0.0874. The first-order valence-corrected chi connectivity index (χ1v) is 4.75. The average Bonchev–Trinajstić information content (AvgIpc) is 2.15. The summed E-state index contributed by atoms with van der Waals surface area (Å²) in [5.41, 5.74) is 1.62. The topological polar surface area (TPSA) is 29.4 Å². The SMILES string of the molecule is CC(=O)c1ccc(N=CC(C)C)cc1. The smallest absolute Gasteiger partial charge is 0.159 e. The number of aliphatic imine (C=N–C) groups is 1. The Balaban J connectivity index is 2.78. The van der Waals surface area contributed by atoms with Gasteiger partial charge in [-0.05, 0) is 37.1 Å². The van der Waals surface area contributed by atoms with Gasteiger partial charge in [0.15, 0.2) is 5.78 Å². The summed E-state index contributed by atoms with van der Waals surface area (Å²) in [4.78, 5) is 15.3. The van der Waals surface area contributed by atoms with Gasteiger partial charge >= 0.3 is 0 Å². The molecule has 0 bridgehead atoms. The predicted molar refractivity (Wildman–Crippen MR) is 59.4 cm³/mol.